The van der Waals surface area contributed by atoms with E-state index in [1.165, 1.54) is 0 Å². The van der Waals surface area contributed by atoms with Crippen molar-refractivity contribution in [3.63, 3.8) is 0 Å². The first-order valence-electron chi connectivity index (χ1n) is 9.98. The maximum absolute atomic E-state index is 13.2. The average Bonchev–Trinajstić information content (AvgIpc) is 2.76. The van der Waals surface area contributed by atoms with Crippen molar-refractivity contribution in [3.05, 3.63) is 58.6 Å². The van der Waals surface area contributed by atoms with E-state index in [2.05, 4.69) is 10.2 Å². The predicted octanol–water partition coefficient (Wildman–Crippen LogP) is 3.28. The second-order valence-electron chi connectivity index (χ2n) is 7.47. The van der Waals surface area contributed by atoms with E-state index >= 15 is 0 Å². The Bertz CT molecular complexity index is 1090. The van der Waals surface area contributed by atoms with Crippen LogP contribution >= 0.6 is 11.6 Å². The minimum absolute atomic E-state index is 0.133. The largest absolute Gasteiger partial charge is 0.417 e. The summed E-state index contributed by atoms with van der Waals surface area (Å²) < 4.78 is 69.8. The third kappa shape index (κ3) is 6.75. The Kier molecular flexibility index (Phi) is 7.76. The lowest BCUT2D eigenvalue weighted by Crippen LogP contribution is -2.40. The molecular formula is C21H23ClF3N3O4S. The van der Waals surface area contributed by atoms with Crippen molar-refractivity contribution in [1.29, 1.82) is 0 Å². The SMILES string of the molecule is CS(=O)(=O)N(CC(=O)NCc1ccc(N2CCOCC2)cc1)c1ccc(Cl)c(C(F)(F)F)c1. The molecule has 0 aromatic heterocycles. The smallest absolute Gasteiger partial charge is 0.378 e. The minimum Gasteiger partial charge on any atom is -0.378 e. The van der Waals surface area contributed by atoms with E-state index in [1.54, 1.807) is 0 Å². The summed E-state index contributed by atoms with van der Waals surface area (Å²) in [5.41, 5.74) is 0.326. The van der Waals surface area contributed by atoms with Crippen molar-refractivity contribution in [2.24, 2.45) is 0 Å². The molecule has 0 saturated carbocycles. The third-order valence-corrected chi connectivity index (χ3v) is 6.50. The molecule has 2 aromatic carbocycles. The summed E-state index contributed by atoms with van der Waals surface area (Å²) in [5, 5.41) is 2.03. The molecule has 0 atom stereocenters. The molecule has 0 radical (unpaired) electrons. The normalized spacial score (nSPS) is 14.8. The molecule has 12 heteroatoms. The van der Waals surface area contributed by atoms with Gasteiger partial charge in [0.25, 0.3) is 0 Å². The lowest BCUT2D eigenvalue weighted by atomic mass is 10.2. The number of sulfonamides is 1. The monoisotopic (exact) mass is 505 g/mol. The molecule has 0 spiro atoms. The second kappa shape index (κ2) is 10.2. The van der Waals surface area contributed by atoms with E-state index in [1.807, 2.05) is 24.3 Å². The van der Waals surface area contributed by atoms with Crippen LogP contribution in [-0.2, 0) is 32.3 Å². The Labute approximate surface area is 195 Å². The molecule has 1 aliphatic rings. The second-order valence-corrected chi connectivity index (χ2v) is 9.79. The fraction of sp³-hybridized carbons (Fsp3) is 0.381. The number of carbonyl (C=O) groups excluding carboxylic acids is 1. The van der Waals surface area contributed by atoms with Gasteiger partial charge in [0, 0.05) is 25.3 Å². The van der Waals surface area contributed by atoms with Gasteiger partial charge in [-0.3, -0.25) is 9.10 Å². The highest BCUT2D eigenvalue weighted by Crippen LogP contribution is 2.37. The highest BCUT2D eigenvalue weighted by Gasteiger charge is 2.34. The van der Waals surface area contributed by atoms with Gasteiger partial charge in [-0.25, -0.2) is 8.42 Å². The predicted molar refractivity (Wildman–Crippen MR) is 120 cm³/mol. The number of amides is 1. The summed E-state index contributed by atoms with van der Waals surface area (Å²) in [6.07, 6.45) is -3.96. The number of anilines is 2. The van der Waals surface area contributed by atoms with Gasteiger partial charge in [-0.15, -0.1) is 0 Å². The first kappa shape index (κ1) is 25.1. The Hall–Kier alpha value is -2.50. The molecule has 7 nitrogen and oxygen atoms in total. The number of rotatable bonds is 7. The lowest BCUT2D eigenvalue weighted by Gasteiger charge is -2.29. The Balaban J connectivity index is 1.67. The molecule has 180 valence electrons. The summed E-state index contributed by atoms with van der Waals surface area (Å²) >= 11 is 5.61. The van der Waals surface area contributed by atoms with Gasteiger partial charge in [0.05, 0.1) is 35.7 Å². The van der Waals surface area contributed by atoms with E-state index in [9.17, 15) is 26.4 Å². The zero-order chi connectivity index (χ0) is 24.2. The molecule has 1 aliphatic heterocycles. The molecule has 0 aliphatic carbocycles. The molecule has 1 fully saturated rings. The molecule has 2 aromatic rings. The van der Waals surface area contributed by atoms with E-state index in [-0.39, 0.29) is 12.2 Å². The van der Waals surface area contributed by atoms with Gasteiger partial charge in [0.2, 0.25) is 15.9 Å². The van der Waals surface area contributed by atoms with Crippen molar-refractivity contribution < 1.29 is 31.1 Å². The van der Waals surface area contributed by atoms with Crippen LogP contribution in [0, 0.1) is 0 Å². The van der Waals surface area contributed by atoms with Crippen molar-refractivity contribution in [2.75, 3.05) is 48.3 Å². The average molecular weight is 506 g/mol. The number of alkyl halides is 3. The number of carbonyl (C=O) groups is 1. The van der Waals surface area contributed by atoms with Gasteiger partial charge in [-0.2, -0.15) is 13.2 Å². The summed E-state index contributed by atoms with van der Waals surface area (Å²) in [7, 11) is -4.04. The molecule has 0 unspecified atom stereocenters. The van der Waals surface area contributed by atoms with Gasteiger partial charge >= 0.3 is 6.18 Å². The Morgan fingerprint density at radius 1 is 1.15 bits per heavy atom. The Morgan fingerprint density at radius 2 is 1.79 bits per heavy atom. The van der Waals surface area contributed by atoms with Crippen LogP contribution in [0.5, 0.6) is 0 Å². The van der Waals surface area contributed by atoms with Gasteiger partial charge in [0.15, 0.2) is 0 Å². The standard InChI is InChI=1S/C21H23ClF3N3O4S/c1-33(30,31)28(17-6-7-19(22)18(12-17)21(23,24)25)14-20(29)26-13-15-2-4-16(5-3-15)27-8-10-32-11-9-27/h2-7,12H,8-11,13-14H2,1H3,(H,26,29). The topological polar surface area (TPSA) is 79.0 Å². The van der Waals surface area contributed by atoms with E-state index in [0.29, 0.717) is 23.6 Å². The van der Waals surface area contributed by atoms with Crippen LogP contribution in [-0.4, -0.2) is 53.4 Å². The van der Waals surface area contributed by atoms with E-state index in [0.717, 1.165) is 42.7 Å². The van der Waals surface area contributed by atoms with E-state index < -0.39 is 39.2 Å². The quantitative estimate of drug-likeness (QED) is 0.625. The number of nitrogens with zero attached hydrogens (tertiary/aromatic N) is 2. The minimum atomic E-state index is -4.77. The number of nitrogens with one attached hydrogen (secondary N) is 1. The molecule has 1 saturated heterocycles. The summed E-state index contributed by atoms with van der Waals surface area (Å²) in [6.45, 7) is 2.35. The highest BCUT2D eigenvalue weighted by atomic mass is 35.5. The van der Waals surface area contributed by atoms with Crippen LogP contribution in [0.2, 0.25) is 5.02 Å². The zero-order valence-corrected chi connectivity index (χ0v) is 19.3. The first-order chi connectivity index (χ1) is 15.4. The van der Waals surface area contributed by atoms with Crippen LogP contribution in [0.1, 0.15) is 11.1 Å². The van der Waals surface area contributed by atoms with Gasteiger partial charge in [-0.1, -0.05) is 23.7 Å². The lowest BCUT2D eigenvalue weighted by molar-refractivity contribution is -0.137. The van der Waals surface area contributed by atoms with Crippen LogP contribution < -0.4 is 14.5 Å². The number of hydrogen-bond donors (Lipinski definition) is 1. The summed E-state index contributed by atoms with van der Waals surface area (Å²) in [5.74, 6) is -0.666. The van der Waals surface area contributed by atoms with Crippen molar-refractivity contribution in [3.8, 4) is 0 Å². The highest BCUT2D eigenvalue weighted by molar-refractivity contribution is 7.92. The molecule has 0 bridgehead atoms. The number of benzene rings is 2. The molecular weight excluding hydrogens is 483 g/mol. The molecule has 1 N–H and O–H groups in total. The van der Waals surface area contributed by atoms with Gasteiger partial charge in [0.1, 0.15) is 6.54 Å². The van der Waals surface area contributed by atoms with E-state index in [4.69, 9.17) is 16.3 Å². The summed E-state index contributed by atoms with van der Waals surface area (Å²) in [4.78, 5) is 14.6. The third-order valence-electron chi connectivity index (χ3n) is 5.03. The molecule has 1 heterocycles. The number of ether oxygens (including phenoxy) is 1. The maximum atomic E-state index is 13.2. The number of hydrogen-bond acceptors (Lipinski definition) is 5. The van der Waals surface area contributed by atoms with Crippen molar-refractivity contribution in [1.82, 2.24) is 5.32 Å². The Morgan fingerprint density at radius 3 is 2.36 bits per heavy atom. The number of morpholine rings is 1. The molecule has 1 amide bonds. The maximum Gasteiger partial charge on any atom is 0.417 e. The fourth-order valence-electron chi connectivity index (χ4n) is 3.32. The summed E-state index contributed by atoms with van der Waals surface area (Å²) in [6, 6.07) is 10.2. The van der Waals surface area contributed by atoms with Crippen molar-refractivity contribution in [2.45, 2.75) is 12.7 Å². The fourth-order valence-corrected chi connectivity index (χ4v) is 4.39. The first-order valence-corrected chi connectivity index (χ1v) is 12.2. The van der Waals surface area contributed by atoms with Crippen LogP contribution in [0.3, 0.4) is 0 Å². The van der Waals surface area contributed by atoms with Crippen molar-refractivity contribution >= 4 is 38.9 Å². The molecule has 3 rings (SSSR count). The zero-order valence-electron chi connectivity index (χ0n) is 17.7. The van der Waals surface area contributed by atoms with Crippen LogP contribution in [0.25, 0.3) is 0 Å². The van der Waals surface area contributed by atoms with Crippen LogP contribution in [0.15, 0.2) is 42.5 Å². The van der Waals surface area contributed by atoms with Gasteiger partial charge in [-0.05, 0) is 35.9 Å². The van der Waals surface area contributed by atoms with Crippen LogP contribution in [0.4, 0.5) is 24.5 Å². The van der Waals surface area contributed by atoms with Gasteiger partial charge < -0.3 is 15.0 Å². The molecule has 33 heavy (non-hydrogen) atoms. The number of halogens is 4.